The molecule has 0 radical (unpaired) electrons. The molecule has 5 atom stereocenters. The van der Waals surface area contributed by atoms with Gasteiger partial charge < -0.3 is 5.32 Å². The number of allylic oxidation sites excluding steroid dienone is 2. The molecule has 0 saturated heterocycles. The summed E-state index contributed by atoms with van der Waals surface area (Å²) in [5.74, 6) is 3.59. The van der Waals surface area contributed by atoms with Crippen LogP contribution in [0.15, 0.2) is 12.2 Å². The van der Waals surface area contributed by atoms with Gasteiger partial charge in [0.1, 0.15) is 0 Å². The molecule has 18 heavy (non-hydrogen) atoms. The summed E-state index contributed by atoms with van der Waals surface area (Å²) in [4.78, 5) is 0. The van der Waals surface area contributed by atoms with Gasteiger partial charge >= 0.3 is 0 Å². The molecule has 0 amide bonds. The van der Waals surface area contributed by atoms with Gasteiger partial charge in [0.25, 0.3) is 0 Å². The Kier molecular flexibility index (Phi) is 5.29. The summed E-state index contributed by atoms with van der Waals surface area (Å²) in [5, 5.41) is 3.84. The average Bonchev–Trinajstić information content (AvgIpc) is 3.01. The largest absolute Gasteiger partial charge is 0.314 e. The molecule has 0 heterocycles. The molecule has 1 nitrogen and oxygen atoms in total. The number of nitrogens with one attached hydrogen (secondary N) is 1. The number of rotatable bonds is 8. The fourth-order valence-corrected chi connectivity index (χ4v) is 3.85. The molecule has 104 valence electrons. The maximum Gasteiger partial charge on any atom is 0.00729 e. The lowest BCUT2D eigenvalue weighted by atomic mass is 9.87. The van der Waals surface area contributed by atoms with E-state index >= 15 is 0 Å². The molecule has 0 spiro atoms. The predicted octanol–water partition coefficient (Wildman–Crippen LogP) is 4.39. The molecule has 2 aliphatic carbocycles. The van der Waals surface area contributed by atoms with Crippen LogP contribution in [0.4, 0.5) is 0 Å². The second-order valence-electron chi connectivity index (χ2n) is 6.56. The van der Waals surface area contributed by atoms with Crippen molar-refractivity contribution in [2.24, 2.45) is 23.7 Å². The molecular formula is C17H31N. The third kappa shape index (κ3) is 3.38. The highest BCUT2D eigenvalue weighted by Crippen LogP contribution is 2.44. The van der Waals surface area contributed by atoms with Crippen LogP contribution in [-0.2, 0) is 0 Å². The van der Waals surface area contributed by atoms with Gasteiger partial charge in [0.15, 0.2) is 0 Å². The zero-order valence-corrected chi connectivity index (χ0v) is 12.5. The Morgan fingerprint density at radius 1 is 1.22 bits per heavy atom. The van der Waals surface area contributed by atoms with Crippen LogP contribution in [0, 0.1) is 23.7 Å². The third-order valence-electron chi connectivity index (χ3n) is 5.24. The Labute approximate surface area is 113 Å². The monoisotopic (exact) mass is 249 g/mol. The standard InChI is InChI=1S/C17H31N/c1-4-6-7-14(5-2)12-18-13(3)17-11-15-8-9-16(17)10-15/h8-9,13-18H,4-7,10-12H2,1-3H3. The van der Waals surface area contributed by atoms with Crippen LogP contribution in [0.2, 0.25) is 0 Å². The highest BCUT2D eigenvalue weighted by atomic mass is 14.9. The summed E-state index contributed by atoms with van der Waals surface area (Å²) in [7, 11) is 0. The smallest absolute Gasteiger partial charge is 0.00729 e. The molecule has 0 aliphatic heterocycles. The molecule has 0 aromatic carbocycles. The first-order valence-electron chi connectivity index (χ1n) is 8.16. The second-order valence-corrected chi connectivity index (χ2v) is 6.56. The van der Waals surface area contributed by atoms with Crippen molar-refractivity contribution < 1.29 is 0 Å². The van der Waals surface area contributed by atoms with E-state index in [4.69, 9.17) is 0 Å². The summed E-state index contributed by atoms with van der Waals surface area (Å²) < 4.78 is 0. The molecule has 2 bridgehead atoms. The maximum atomic E-state index is 3.84. The van der Waals surface area contributed by atoms with Gasteiger partial charge in [-0.25, -0.2) is 0 Å². The summed E-state index contributed by atoms with van der Waals surface area (Å²) in [5.41, 5.74) is 0. The fourth-order valence-electron chi connectivity index (χ4n) is 3.85. The van der Waals surface area contributed by atoms with E-state index in [2.05, 4.69) is 38.2 Å². The molecule has 0 aromatic rings. The van der Waals surface area contributed by atoms with Gasteiger partial charge in [-0.1, -0.05) is 45.3 Å². The Morgan fingerprint density at radius 2 is 2.06 bits per heavy atom. The topological polar surface area (TPSA) is 12.0 Å². The molecule has 0 aromatic heterocycles. The Balaban J connectivity index is 1.70. The summed E-state index contributed by atoms with van der Waals surface area (Å²) >= 11 is 0. The van der Waals surface area contributed by atoms with Crippen LogP contribution in [0.5, 0.6) is 0 Å². The molecular weight excluding hydrogens is 218 g/mol. The van der Waals surface area contributed by atoms with Crippen molar-refractivity contribution in [3.8, 4) is 0 Å². The van der Waals surface area contributed by atoms with Gasteiger partial charge in [-0.2, -0.15) is 0 Å². The minimum Gasteiger partial charge on any atom is -0.314 e. The summed E-state index contributed by atoms with van der Waals surface area (Å²) in [6, 6.07) is 0.709. The van der Waals surface area contributed by atoms with Gasteiger partial charge in [0.05, 0.1) is 0 Å². The van der Waals surface area contributed by atoms with Crippen LogP contribution < -0.4 is 5.32 Å². The normalized spacial score (nSPS) is 32.9. The lowest BCUT2D eigenvalue weighted by Crippen LogP contribution is -2.38. The number of fused-ring (bicyclic) bond motifs is 2. The van der Waals surface area contributed by atoms with Crippen molar-refractivity contribution in [3.05, 3.63) is 12.2 Å². The number of hydrogen-bond donors (Lipinski definition) is 1. The first-order chi connectivity index (χ1) is 8.74. The maximum absolute atomic E-state index is 3.84. The molecule has 2 rings (SSSR count). The number of unbranched alkanes of at least 4 members (excludes halogenated alkanes) is 1. The highest BCUT2D eigenvalue weighted by molar-refractivity contribution is 5.11. The quantitative estimate of drug-likeness (QED) is 0.629. The first kappa shape index (κ1) is 14.1. The minimum atomic E-state index is 0.709. The SMILES string of the molecule is CCCCC(CC)CNC(C)C1CC2C=CC1C2. The van der Waals surface area contributed by atoms with Crippen LogP contribution >= 0.6 is 0 Å². The van der Waals surface area contributed by atoms with E-state index in [9.17, 15) is 0 Å². The highest BCUT2D eigenvalue weighted by Gasteiger charge is 2.38. The van der Waals surface area contributed by atoms with Crippen molar-refractivity contribution in [3.63, 3.8) is 0 Å². The van der Waals surface area contributed by atoms with E-state index in [0.29, 0.717) is 6.04 Å². The fraction of sp³-hybridized carbons (Fsp3) is 0.882. The molecule has 1 fully saturated rings. The van der Waals surface area contributed by atoms with E-state index < -0.39 is 0 Å². The van der Waals surface area contributed by atoms with Gasteiger partial charge in [-0.3, -0.25) is 0 Å². The first-order valence-corrected chi connectivity index (χ1v) is 8.16. The molecule has 1 N–H and O–H groups in total. The van der Waals surface area contributed by atoms with Crippen LogP contribution in [0.3, 0.4) is 0 Å². The zero-order chi connectivity index (χ0) is 13.0. The number of hydrogen-bond acceptors (Lipinski definition) is 1. The van der Waals surface area contributed by atoms with Crippen LogP contribution in [-0.4, -0.2) is 12.6 Å². The van der Waals surface area contributed by atoms with E-state index in [-0.39, 0.29) is 0 Å². The predicted molar refractivity (Wildman–Crippen MR) is 79.6 cm³/mol. The lowest BCUT2D eigenvalue weighted by molar-refractivity contribution is 0.301. The van der Waals surface area contributed by atoms with E-state index in [1.807, 2.05) is 0 Å². The van der Waals surface area contributed by atoms with E-state index in [0.717, 1.165) is 23.7 Å². The second kappa shape index (κ2) is 6.75. The van der Waals surface area contributed by atoms with Crippen molar-refractivity contribution in [1.82, 2.24) is 5.32 Å². The average molecular weight is 249 g/mol. The van der Waals surface area contributed by atoms with Crippen molar-refractivity contribution in [2.75, 3.05) is 6.54 Å². The third-order valence-corrected chi connectivity index (χ3v) is 5.24. The molecule has 1 heteroatoms. The van der Waals surface area contributed by atoms with Crippen molar-refractivity contribution in [2.45, 2.75) is 65.3 Å². The summed E-state index contributed by atoms with van der Waals surface area (Å²) in [6.45, 7) is 8.28. The lowest BCUT2D eigenvalue weighted by Gasteiger charge is -2.28. The van der Waals surface area contributed by atoms with Crippen LogP contribution in [0.25, 0.3) is 0 Å². The summed E-state index contributed by atoms with van der Waals surface area (Å²) in [6.07, 6.45) is 13.3. The van der Waals surface area contributed by atoms with Gasteiger partial charge in [0.2, 0.25) is 0 Å². The van der Waals surface area contributed by atoms with Gasteiger partial charge in [-0.15, -0.1) is 0 Å². The van der Waals surface area contributed by atoms with Gasteiger partial charge in [-0.05, 0) is 56.4 Å². The molecule has 1 saturated carbocycles. The van der Waals surface area contributed by atoms with Crippen molar-refractivity contribution in [1.29, 1.82) is 0 Å². The van der Waals surface area contributed by atoms with Gasteiger partial charge in [0, 0.05) is 6.04 Å². The van der Waals surface area contributed by atoms with E-state index in [1.54, 1.807) is 0 Å². The molecule has 2 aliphatic rings. The Hall–Kier alpha value is -0.300. The Morgan fingerprint density at radius 3 is 2.61 bits per heavy atom. The van der Waals surface area contributed by atoms with Crippen molar-refractivity contribution >= 4 is 0 Å². The Bertz CT molecular complexity index is 271. The molecule has 5 unspecified atom stereocenters. The van der Waals surface area contributed by atoms with Crippen LogP contribution in [0.1, 0.15) is 59.3 Å². The minimum absolute atomic E-state index is 0.709. The van der Waals surface area contributed by atoms with E-state index in [1.165, 1.54) is 45.1 Å². The zero-order valence-electron chi connectivity index (χ0n) is 12.5.